The number of nitrogens with zero attached hydrogens (tertiary/aromatic N) is 2. The molecule has 174 valence electrons. The van der Waals surface area contributed by atoms with Gasteiger partial charge in [0.1, 0.15) is 0 Å². The predicted molar refractivity (Wildman–Crippen MR) is 129 cm³/mol. The number of hydrogen-bond acceptors (Lipinski definition) is 5. The van der Waals surface area contributed by atoms with Gasteiger partial charge in [-0.05, 0) is 37.1 Å². The first-order valence-electron chi connectivity index (χ1n) is 11.3. The molecule has 2 aromatic rings. The Hall–Kier alpha value is -2.77. The number of methoxy groups -OCH3 is 2. The van der Waals surface area contributed by atoms with Crippen LogP contribution in [0.1, 0.15) is 29.7 Å². The Morgan fingerprint density at radius 3 is 2.53 bits per heavy atom. The van der Waals surface area contributed by atoms with E-state index in [-0.39, 0.29) is 6.04 Å². The first kappa shape index (κ1) is 23.9. The number of ether oxygens (including phenoxy) is 3. The van der Waals surface area contributed by atoms with Crippen LogP contribution < -0.4 is 20.1 Å². The van der Waals surface area contributed by atoms with Crippen LogP contribution in [0, 0.1) is 6.92 Å². The first-order valence-corrected chi connectivity index (χ1v) is 11.3. The molecular formula is C25H36N4O3. The van der Waals surface area contributed by atoms with Crippen molar-refractivity contribution in [1.29, 1.82) is 0 Å². The molecule has 7 nitrogen and oxygen atoms in total. The highest BCUT2D eigenvalue weighted by molar-refractivity contribution is 5.79. The van der Waals surface area contributed by atoms with Crippen molar-refractivity contribution in [3.8, 4) is 11.5 Å². The van der Waals surface area contributed by atoms with Gasteiger partial charge in [-0.2, -0.15) is 0 Å². The summed E-state index contributed by atoms with van der Waals surface area (Å²) in [4.78, 5) is 7.29. The summed E-state index contributed by atoms with van der Waals surface area (Å²) >= 11 is 0. The summed E-state index contributed by atoms with van der Waals surface area (Å²) in [6, 6.07) is 14.9. The minimum Gasteiger partial charge on any atom is -0.493 e. The number of rotatable bonds is 9. The van der Waals surface area contributed by atoms with Gasteiger partial charge in [0.05, 0.1) is 40.0 Å². The van der Waals surface area contributed by atoms with Crippen LogP contribution in [0.5, 0.6) is 11.5 Å². The molecule has 2 N–H and O–H groups in total. The number of morpholine rings is 1. The van der Waals surface area contributed by atoms with Gasteiger partial charge in [0.25, 0.3) is 0 Å². The molecule has 32 heavy (non-hydrogen) atoms. The minimum absolute atomic E-state index is 0.253. The highest BCUT2D eigenvalue weighted by Crippen LogP contribution is 2.27. The Morgan fingerprint density at radius 2 is 1.84 bits per heavy atom. The average Bonchev–Trinajstić information content (AvgIpc) is 2.83. The van der Waals surface area contributed by atoms with E-state index < -0.39 is 0 Å². The number of guanidine groups is 1. The van der Waals surface area contributed by atoms with Crippen LogP contribution in [-0.2, 0) is 11.3 Å². The number of aliphatic imine (C=N–C) groups is 1. The Balaban J connectivity index is 1.72. The Bertz CT molecular complexity index is 881. The Kier molecular flexibility index (Phi) is 9.19. The molecule has 0 aromatic heterocycles. The van der Waals surface area contributed by atoms with Gasteiger partial charge in [-0.25, -0.2) is 4.99 Å². The lowest BCUT2D eigenvalue weighted by Gasteiger charge is -2.35. The fraction of sp³-hybridized carbons (Fsp3) is 0.480. The van der Waals surface area contributed by atoms with E-state index in [9.17, 15) is 0 Å². The van der Waals surface area contributed by atoms with Gasteiger partial charge in [-0.15, -0.1) is 0 Å². The average molecular weight is 441 g/mol. The van der Waals surface area contributed by atoms with Crippen LogP contribution in [-0.4, -0.2) is 64.5 Å². The van der Waals surface area contributed by atoms with Gasteiger partial charge in [-0.3, -0.25) is 4.90 Å². The number of aryl methyl sites for hydroxylation is 1. The summed E-state index contributed by atoms with van der Waals surface area (Å²) in [5.74, 6) is 2.23. The lowest BCUT2D eigenvalue weighted by Crippen LogP contribution is -2.46. The zero-order valence-electron chi connectivity index (χ0n) is 19.7. The summed E-state index contributed by atoms with van der Waals surface area (Å²) < 4.78 is 16.3. The second kappa shape index (κ2) is 12.3. The third-order valence-electron chi connectivity index (χ3n) is 5.59. The lowest BCUT2D eigenvalue weighted by molar-refractivity contribution is 0.0170. The third-order valence-corrected chi connectivity index (χ3v) is 5.59. The van der Waals surface area contributed by atoms with E-state index in [1.165, 1.54) is 11.1 Å². The topological polar surface area (TPSA) is 67.4 Å². The van der Waals surface area contributed by atoms with Crippen LogP contribution in [0.15, 0.2) is 47.5 Å². The summed E-state index contributed by atoms with van der Waals surface area (Å²) in [6.07, 6.45) is 0. The molecule has 2 aromatic carbocycles. The lowest BCUT2D eigenvalue weighted by atomic mass is 10.0. The second-order valence-corrected chi connectivity index (χ2v) is 7.84. The maximum Gasteiger partial charge on any atom is 0.191 e. The molecule has 1 saturated heterocycles. The predicted octanol–water partition coefficient (Wildman–Crippen LogP) is 3.14. The minimum atomic E-state index is 0.253. The first-order chi connectivity index (χ1) is 15.6. The Labute approximate surface area is 191 Å². The van der Waals surface area contributed by atoms with Gasteiger partial charge < -0.3 is 24.8 Å². The number of benzene rings is 2. The molecule has 1 unspecified atom stereocenters. The van der Waals surface area contributed by atoms with Crippen molar-refractivity contribution in [3.05, 3.63) is 59.2 Å². The van der Waals surface area contributed by atoms with Crippen LogP contribution in [0.3, 0.4) is 0 Å². The zero-order chi connectivity index (χ0) is 22.8. The molecule has 0 saturated carbocycles. The standard InChI is InChI=1S/C25H36N4O3/c1-5-26-25(27-17-20-9-10-23(30-3)24(16-20)31-4)28-18-22(29-11-13-32-14-12-29)21-8-6-7-19(2)15-21/h6-10,15-16,22H,5,11-14,17-18H2,1-4H3,(H2,26,27,28). The van der Waals surface area contributed by atoms with E-state index in [0.717, 1.165) is 56.7 Å². The van der Waals surface area contributed by atoms with Gasteiger partial charge in [0.15, 0.2) is 17.5 Å². The number of hydrogen-bond donors (Lipinski definition) is 2. The van der Waals surface area contributed by atoms with Crippen LogP contribution in [0.4, 0.5) is 0 Å². The Morgan fingerprint density at radius 1 is 1.06 bits per heavy atom. The summed E-state index contributed by atoms with van der Waals surface area (Å²) in [5, 5.41) is 6.92. The van der Waals surface area contributed by atoms with E-state index in [1.54, 1.807) is 14.2 Å². The molecule has 1 atom stereocenters. The fourth-order valence-electron chi connectivity index (χ4n) is 3.91. The number of nitrogens with one attached hydrogen (secondary N) is 2. The molecular weight excluding hydrogens is 404 g/mol. The quantitative estimate of drug-likeness (QED) is 0.461. The largest absolute Gasteiger partial charge is 0.493 e. The van der Waals surface area contributed by atoms with Gasteiger partial charge >= 0.3 is 0 Å². The van der Waals surface area contributed by atoms with E-state index in [2.05, 4.69) is 53.6 Å². The van der Waals surface area contributed by atoms with Crippen molar-refractivity contribution in [3.63, 3.8) is 0 Å². The van der Waals surface area contributed by atoms with E-state index in [4.69, 9.17) is 19.2 Å². The van der Waals surface area contributed by atoms with Gasteiger partial charge in [-0.1, -0.05) is 35.9 Å². The monoisotopic (exact) mass is 440 g/mol. The van der Waals surface area contributed by atoms with Crippen molar-refractivity contribution in [2.45, 2.75) is 26.4 Å². The zero-order valence-corrected chi connectivity index (χ0v) is 19.7. The molecule has 1 heterocycles. The second-order valence-electron chi connectivity index (χ2n) is 7.84. The van der Waals surface area contributed by atoms with Crippen LogP contribution in [0.25, 0.3) is 0 Å². The van der Waals surface area contributed by atoms with Crippen molar-refractivity contribution in [1.82, 2.24) is 15.5 Å². The van der Waals surface area contributed by atoms with Crippen LogP contribution in [0.2, 0.25) is 0 Å². The maximum absolute atomic E-state index is 5.58. The molecule has 3 rings (SSSR count). The third kappa shape index (κ3) is 6.61. The summed E-state index contributed by atoms with van der Waals surface area (Å²) in [6.45, 7) is 9.73. The maximum atomic E-state index is 5.58. The van der Waals surface area contributed by atoms with Crippen molar-refractivity contribution >= 4 is 5.96 Å². The molecule has 1 fully saturated rings. The van der Waals surface area contributed by atoms with Gasteiger partial charge in [0, 0.05) is 26.2 Å². The van der Waals surface area contributed by atoms with Crippen LogP contribution >= 0.6 is 0 Å². The molecule has 0 bridgehead atoms. The SMILES string of the molecule is CCNC(=NCc1ccc(OC)c(OC)c1)NCC(c1cccc(C)c1)N1CCOCC1. The normalized spacial score (nSPS) is 15.8. The highest BCUT2D eigenvalue weighted by Gasteiger charge is 2.23. The molecule has 0 amide bonds. The fourth-order valence-corrected chi connectivity index (χ4v) is 3.91. The molecule has 0 spiro atoms. The van der Waals surface area contributed by atoms with E-state index >= 15 is 0 Å². The van der Waals surface area contributed by atoms with Crippen molar-refractivity contribution in [2.75, 3.05) is 53.6 Å². The van der Waals surface area contributed by atoms with E-state index in [1.807, 2.05) is 18.2 Å². The van der Waals surface area contributed by atoms with Crippen molar-refractivity contribution in [2.24, 2.45) is 4.99 Å². The molecule has 1 aliphatic rings. The summed E-state index contributed by atoms with van der Waals surface area (Å²) in [5.41, 5.74) is 3.65. The highest BCUT2D eigenvalue weighted by atomic mass is 16.5. The molecule has 0 aliphatic carbocycles. The molecule has 7 heteroatoms. The molecule has 0 radical (unpaired) electrons. The van der Waals surface area contributed by atoms with Crippen molar-refractivity contribution < 1.29 is 14.2 Å². The van der Waals surface area contributed by atoms with Gasteiger partial charge in [0.2, 0.25) is 0 Å². The summed E-state index contributed by atoms with van der Waals surface area (Å²) in [7, 11) is 3.29. The smallest absolute Gasteiger partial charge is 0.191 e. The van der Waals surface area contributed by atoms with E-state index in [0.29, 0.717) is 12.3 Å². The molecule has 1 aliphatic heterocycles.